The number of fused-ring (bicyclic) bond motifs is 1. The second-order valence-electron chi connectivity index (χ2n) is 5.36. The highest BCUT2D eigenvalue weighted by molar-refractivity contribution is 7.98. The van der Waals surface area contributed by atoms with Crippen LogP contribution in [0, 0.1) is 6.92 Å². The van der Waals surface area contributed by atoms with Gasteiger partial charge < -0.3 is 5.11 Å². The first kappa shape index (κ1) is 15.3. The first-order chi connectivity index (χ1) is 10.5. The van der Waals surface area contributed by atoms with Gasteiger partial charge in [-0.3, -0.25) is 9.59 Å². The predicted molar refractivity (Wildman–Crippen MR) is 89.4 cm³/mol. The first-order valence-electron chi connectivity index (χ1n) is 7.06. The van der Waals surface area contributed by atoms with Crippen molar-refractivity contribution >= 4 is 34.9 Å². The van der Waals surface area contributed by atoms with E-state index in [0.717, 1.165) is 25.8 Å². The lowest BCUT2D eigenvalue weighted by Gasteiger charge is -2.04. The molecule has 0 bridgehead atoms. The summed E-state index contributed by atoms with van der Waals surface area (Å²) in [4.78, 5) is 27.0. The second-order valence-corrected chi connectivity index (χ2v) is 7.50. The first-order valence-corrected chi connectivity index (χ1v) is 9.10. The maximum absolute atomic E-state index is 12.8. The van der Waals surface area contributed by atoms with Crippen molar-refractivity contribution in [1.29, 1.82) is 0 Å². The van der Waals surface area contributed by atoms with Gasteiger partial charge in [-0.15, -0.1) is 23.1 Å². The fraction of sp³-hybridized carbons (Fsp3) is 0.294. The Labute approximate surface area is 137 Å². The van der Waals surface area contributed by atoms with Crippen molar-refractivity contribution in [1.82, 2.24) is 0 Å². The monoisotopic (exact) mass is 332 g/mol. The van der Waals surface area contributed by atoms with E-state index in [4.69, 9.17) is 0 Å². The van der Waals surface area contributed by atoms with Crippen LogP contribution in [0.1, 0.15) is 43.6 Å². The minimum absolute atomic E-state index is 0.00805. The van der Waals surface area contributed by atoms with Gasteiger partial charge in [0, 0.05) is 25.8 Å². The predicted octanol–water partition coefficient (Wildman–Crippen LogP) is 4.12. The van der Waals surface area contributed by atoms with Crippen molar-refractivity contribution in [2.45, 2.75) is 30.6 Å². The summed E-state index contributed by atoms with van der Waals surface area (Å²) in [6.45, 7) is 1.91. The van der Waals surface area contributed by atoms with E-state index in [1.165, 1.54) is 11.3 Å². The largest absolute Gasteiger partial charge is 0.481 e. The van der Waals surface area contributed by atoms with Gasteiger partial charge in [-0.05, 0) is 55.9 Å². The number of aryl methyl sites for hydroxylation is 1. The molecular weight excluding hydrogens is 316 g/mol. The molecule has 0 saturated carbocycles. The zero-order valence-electron chi connectivity index (χ0n) is 12.4. The number of carboxylic acids is 1. The molecule has 1 aliphatic carbocycles. The van der Waals surface area contributed by atoms with Gasteiger partial charge in [0.15, 0.2) is 5.78 Å². The highest BCUT2D eigenvalue weighted by Gasteiger charge is 2.35. The van der Waals surface area contributed by atoms with Crippen LogP contribution >= 0.6 is 23.1 Å². The minimum Gasteiger partial charge on any atom is -0.481 e. The van der Waals surface area contributed by atoms with E-state index < -0.39 is 11.9 Å². The molecule has 3 rings (SSSR count). The summed E-state index contributed by atoms with van der Waals surface area (Å²) in [6.07, 6.45) is 3.28. The summed E-state index contributed by atoms with van der Waals surface area (Å²) in [5.74, 6) is -1.23. The molecule has 0 radical (unpaired) electrons. The number of thiophene rings is 1. The van der Waals surface area contributed by atoms with Crippen molar-refractivity contribution < 1.29 is 14.7 Å². The number of aliphatic carboxylic acids is 1. The summed E-state index contributed by atoms with van der Waals surface area (Å²) in [7, 11) is 0. The third-order valence-corrected chi connectivity index (χ3v) is 6.10. The lowest BCUT2D eigenvalue weighted by molar-refractivity contribution is -0.138. The topological polar surface area (TPSA) is 54.4 Å². The van der Waals surface area contributed by atoms with Crippen molar-refractivity contribution in [3.8, 4) is 0 Å². The van der Waals surface area contributed by atoms with Crippen molar-refractivity contribution in [3.05, 3.63) is 50.7 Å². The Balaban J connectivity index is 2.00. The average molecular weight is 332 g/mol. The van der Waals surface area contributed by atoms with E-state index in [2.05, 4.69) is 0 Å². The van der Waals surface area contributed by atoms with Crippen LogP contribution in [0.5, 0.6) is 0 Å². The maximum Gasteiger partial charge on any atom is 0.311 e. The lowest BCUT2D eigenvalue weighted by Crippen LogP contribution is -2.06. The number of benzene rings is 1. The molecule has 0 spiro atoms. The average Bonchev–Trinajstić information content (AvgIpc) is 3.04. The third kappa shape index (κ3) is 2.48. The zero-order chi connectivity index (χ0) is 15.9. The number of carboxylic acid groups (broad SMARTS) is 1. The summed E-state index contributed by atoms with van der Waals surface area (Å²) >= 11 is 3.10. The van der Waals surface area contributed by atoms with E-state index in [-0.39, 0.29) is 5.78 Å². The van der Waals surface area contributed by atoms with Crippen LogP contribution < -0.4 is 0 Å². The van der Waals surface area contributed by atoms with Crippen LogP contribution in [0.2, 0.25) is 0 Å². The van der Waals surface area contributed by atoms with E-state index in [9.17, 15) is 14.7 Å². The summed E-state index contributed by atoms with van der Waals surface area (Å²) in [5.41, 5.74) is 2.34. The van der Waals surface area contributed by atoms with Gasteiger partial charge >= 0.3 is 5.97 Å². The zero-order valence-corrected chi connectivity index (χ0v) is 14.0. The molecule has 1 atom stereocenters. The molecule has 5 heteroatoms. The smallest absolute Gasteiger partial charge is 0.311 e. The Kier molecular flexibility index (Phi) is 4.10. The Hall–Kier alpha value is -1.59. The van der Waals surface area contributed by atoms with Crippen LogP contribution in [0.25, 0.3) is 0 Å². The molecule has 22 heavy (non-hydrogen) atoms. The fourth-order valence-electron chi connectivity index (χ4n) is 2.98. The van der Waals surface area contributed by atoms with Gasteiger partial charge in [-0.2, -0.15) is 0 Å². The number of thioether (sulfide) groups is 1. The Morgan fingerprint density at radius 1 is 1.27 bits per heavy atom. The van der Waals surface area contributed by atoms with Gasteiger partial charge in [-0.1, -0.05) is 0 Å². The molecule has 114 valence electrons. The molecule has 2 aromatic rings. The Morgan fingerprint density at radius 2 is 1.95 bits per heavy atom. The number of carbonyl (C=O) groups excluding carboxylic acids is 1. The normalized spacial score (nSPS) is 16.5. The van der Waals surface area contributed by atoms with Gasteiger partial charge in [0.2, 0.25) is 0 Å². The second kappa shape index (κ2) is 5.89. The van der Waals surface area contributed by atoms with Gasteiger partial charge in [0.1, 0.15) is 0 Å². The number of hydrogen-bond donors (Lipinski definition) is 1. The summed E-state index contributed by atoms with van der Waals surface area (Å²) < 4.78 is 0. The number of rotatable bonds is 4. The van der Waals surface area contributed by atoms with Crippen LogP contribution in [-0.4, -0.2) is 23.1 Å². The third-order valence-electron chi connectivity index (χ3n) is 4.09. The van der Waals surface area contributed by atoms with Crippen LogP contribution in [0.15, 0.2) is 29.2 Å². The molecular formula is C17H16O3S2. The molecule has 1 N–H and O–H groups in total. The van der Waals surface area contributed by atoms with E-state index >= 15 is 0 Å². The molecule has 1 heterocycles. The fourth-order valence-corrected chi connectivity index (χ4v) is 4.73. The summed E-state index contributed by atoms with van der Waals surface area (Å²) in [5, 5.41) is 9.29. The molecule has 0 saturated heterocycles. The molecule has 1 aromatic carbocycles. The quantitative estimate of drug-likeness (QED) is 0.676. The SMILES string of the molecule is CSc1ccc(C(=O)c2c(C)sc3c2CCC3C(=O)O)cc1. The lowest BCUT2D eigenvalue weighted by atomic mass is 9.99. The van der Waals surface area contributed by atoms with Crippen LogP contribution in [-0.2, 0) is 11.2 Å². The Morgan fingerprint density at radius 3 is 2.55 bits per heavy atom. The van der Waals surface area contributed by atoms with Gasteiger partial charge in [0.25, 0.3) is 0 Å². The van der Waals surface area contributed by atoms with Crippen molar-refractivity contribution in [2.24, 2.45) is 0 Å². The van der Waals surface area contributed by atoms with Gasteiger partial charge in [-0.25, -0.2) is 0 Å². The Bertz CT molecular complexity index is 744. The molecule has 0 amide bonds. The highest BCUT2D eigenvalue weighted by atomic mass is 32.2. The van der Waals surface area contributed by atoms with Crippen LogP contribution in [0.4, 0.5) is 0 Å². The minimum atomic E-state index is -0.789. The molecule has 1 aromatic heterocycles. The molecule has 3 nitrogen and oxygen atoms in total. The van der Waals surface area contributed by atoms with Gasteiger partial charge in [0.05, 0.1) is 5.92 Å². The van der Waals surface area contributed by atoms with Crippen molar-refractivity contribution in [3.63, 3.8) is 0 Å². The van der Waals surface area contributed by atoms with Crippen molar-refractivity contribution in [2.75, 3.05) is 6.26 Å². The molecule has 0 fully saturated rings. The molecule has 0 aliphatic heterocycles. The standard InChI is InChI=1S/C17H16O3S2/c1-9-14(12-7-8-13(17(19)20)16(12)22-9)15(18)10-3-5-11(21-2)6-4-10/h3-6,13H,7-8H2,1-2H3,(H,19,20). The van der Waals surface area contributed by atoms with E-state index in [1.807, 2.05) is 37.4 Å². The highest BCUT2D eigenvalue weighted by Crippen LogP contribution is 2.43. The summed E-state index contributed by atoms with van der Waals surface area (Å²) in [6, 6.07) is 7.59. The number of carbonyl (C=O) groups is 2. The molecule has 1 aliphatic rings. The maximum atomic E-state index is 12.8. The van der Waals surface area contributed by atoms with E-state index in [1.54, 1.807) is 11.8 Å². The van der Waals surface area contributed by atoms with Crippen LogP contribution in [0.3, 0.4) is 0 Å². The molecule has 1 unspecified atom stereocenters. The number of ketones is 1. The van der Waals surface area contributed by atoms with E-state index in [0.29, 0.717) is 18.4 Å². The number of hydrogen-bond acceptors (Lipinski definition) is 4.